The predicted molar refractivity (Wildman–Crippen MR) is 97.9 cm³/mol. The Kier molecular flexibility index (Phi) is 4.92. The number of anilines is 1. The third kappa shape index (κ3) is 3.60. The predicted octanol–water partition coefficient (Wildman–Crippen LogP) is 2.58. The molecule has 3 rings (SSSR count). The number of sulfonamides is 1. The molecule has 1 aliphatic rings. The maximum atomic E-state index is 13.1. The Morgan fingerprint density at radius 3 is 2.36 bits per heavy atom. The summed E-state index contributed by atoms with van der Waals surface area (Å²) in [6, 6.07) is 15.1. The summed E-state index contributed by atoms with van der Waals surface area (Å²) in [5, 5.41) is 0. The van der Waals surface area contributed by atoms with Crippen LogP contribution < -0.4 is 9.62 Å². The van der Waals surface area contributed by atoms with Crippen LogP contribution in [0.25, 0.3) is 0 Å². The van der Waals surface area contributed by atoms with Crippen molar-refractivity contribution in [3.8, 4) is 0 Å². The van der Waals surface area contributed by atoms with Crippen molar-refractivity contribution in [1.29, 1.82) is 0 Å². The molecule has 25 heavy (non-hydrogen) atoms. The van der Waals surface area contributed by atoms with Crippen molar-refractivity contribution < 1.29 is 13.2 Å². The zero-order chi connectivity index (χ0) is 18.0. The zero-order valence-electron chi connectivity index (χ0n) is 14.3. The molecular formula is C19H22N2O3S. The Balaban J connectivity index is 1.86. The van der Waals surface area contributed by atoms with E-state index in [0.717, 1.165) is 17.7 Å². The van der Waals surface area contributed by atoms with Crippen molar-refractivity contribution in [2.24, 2.45) is 5.92 Å². The van der Waals surface area contributed by atoms with Crippen molar-refractivity contribution in [2.45, 2.75) is 31.2 Å². The molecule has 5 nitrogen and oxygen atoms in total. The number of fused-ring (bicyclic) bond motifs is 1. The molecule has 2 aromatic carbocycles. The van der Waals surface area contributed by atoms with E-state index in [4.69, 9.17) is 0 Å². The van der Waals surface area contributed by atoms with E-state index < -0.39 is 16.1 Å². The van der Waals surface area contributed by atoms with Gasteiger partial charge in [0.25, 0.3) is 0 Å². The molecule has 1 heterocycles. The molecular weight excluding hydrogens is 336 g/mol. The first-order valence-corrected chi connectivity index (χ1v) is 9.85. The SMILES string of the molecule is CC(C)[C@H](NS(=O)(=O)c1ccccc1)C(=O)N1CCc2ccccc21. The van der Waals surface area contributed by atoms with Crippen LogP contribution in [0, 0.1) is 5.92 Å². The monoisotopic (exact) mass is 358 g/mol. The summed E-state index contributed by atoms with van der Waals surface area (Å²) in [7, 11) is -3.75. The van der Waals surface area contributed by atoms with Crippen molar-refractivity contribution in [3.63, 3.8) is 0 Å². The molecule has 132 valence electrons. The average molecular weight is 358 g/mol. The summed E-state index contributed by atoms with van der Waals surface area (Å²) in [5.74, 6) is -0.377. The Morgan fingerprint density at radius 1 is 1.04 bits per heavy atom. The summed E-state index contributed by atoms with van der Waals surface area (Å²) in [5.41, 5.74) is 1.99. The maximum Gasteiger partial charge on any atom is 0.245 e. The normalized spacial score (nSPS) is 15.2. The van der Waals surface area contributed by atoms with Gasteiger partial charge < -0.3 is 4.90 Å². The minimum atomic E-state index is -3.75. The first-order chi connectivity index (χ1) is 11.9. The van der Waals surface area contributed by atoms with Crippen molar-refractivity contribution in [2.75, 3.05) is 11.4 Å². The first kappa shape index (κ1) is 17.6. The highest BCUT2D eigenvalue weighted by Crippen LogP contribution is 2.29. The number of hydrogen-bond donors (Lipinski definition) is 1. The van der Waals surface area contributed by atoms with Gasteiger partial charge in [-0.25, -0.2) is 8.42 Å². The van der Waals surface area contributed by atoms with Gasteiger partial charge in [0.1, 0.15) is 6.04 Å². The van der Waals surface area contributed by atoms with Gasteiger partial charge in [0.05, 0.1) is 4.90 Å². The largest absolute Gasteiger partial charge is 0.310 e. The van der Waals surface area contributed by atoms with E-state index in [1.54, 1.807) is 23.1 Å². The smallest absolute Gasteiger partial charge is 0.245 e. The summed E-state index contributed by atoms with van der Waals surface area (Å²) in [6.45, 7) is 4.27. The number of carbonyl (C=O) groups excluding carboxylic acids is 1. The summed E-state index contributed by atoms with van der Waals surface area (Å²) in [4.78, 5) is 14.9. The van der Waals surface area contributed by atoms with Gasteiger partial charge in [0, 0.05) is 12.2 Å². The molecule has 0 radical (unpaired) electrons. The van der Waals surface area contributed by atoms with Crippen molar-refractivity contribution in [3.05, 3.63) is 60.2 Å². The molecule has 0 aliphatic carbocycles. The van der Waals surface area contributed by atoms with Gasteiger partial charge in [0.15, 0.2) is 0 Å². The quantitative estimate of drug-likeness (QED) is 0.893. The van der Waals surface area contributed by atoms with Crippen LogP contribution in [0.15, 0.2) is 59.5 Å². The molecule has 0 saturated heterocycles. The van der Waals surface area contributed by atoms with E-state index in [0.29, 0.717) is 6.54 Å². The minimum Gasteiger partial charge on any atom is -0.310 e. The molecule has 0 fully saturated rings. The molecule has 1 aliphatic heterocycles. The number of amides is 1. The van der Waals surface area contributed by atoms with Crippen LogP contribution >= 0.6 is 0 Å². The van der Waals surface area contributed by atoms with Crippen molar-refractivity contribution >= 4 is 21.6 Å². The van der Waals surface area contributed by atoms with E-state index in [-0.39, 0.29) is 16.7 Å². The van der Waals surface area contributed by atoms with Gasteiger partial charge in [-0.1, -0.05) is 50.2 Å². The van der Waals surface area contributed by atoms with E-state index in [1.807, 2.05) is 38.1 Å². The number of para-hydroxylation sites is 1. The molecule has 1 atom stereocenters. The Labute approximate surface area is 148 Å². The lowest BCUT2D eigenvalue weighted by Gasteiger charge is -2.27. The fraction of sp³-hybridized carbons (Fsp3) is 0.316. The van der Waals surface area contributed by atoms with Gasteiger partial charge in [-0.05, 0) is 36.1 Å². The topological polar surface area (TPSA) is 66.5 Å². The molecule has 0 saturated carbocycles. The summed E-state index contributed by atoms with van der Waals surface area (Å²) < 4.78 is 27.9. The fourth-order valence-electron chi connectivity index (χ4n) is 3.04. The van der Waals surface area contributed by atoms with Gasteiger partial charge in [-0.15, -0.1) is 0 Å². The van der Waals surface area contributed by atoms with Crippen molar-refractivity contribution in [1.82, 2.24) is 4.72 Å². The third-order valence-corrected chi connectivity index (χ3v) is 5.88. The lowest BCUT2D eigenvalue weighted by molar-refractivity contribution is -0.121. The highest BCUT2D eigenvalue weighted by Gasteiger charge is 2.34. The van der Waals surface area contributed by atoms with Gasteiger partial charge in [-0.2, -0.15) is 4.72 Å². The zero-order valence-corrected chi connectivity index (χ0v) is 15.2. The number of rotatable bonds is 5. The van der Waals surface area contributed by atoms with Crippen LogP contribution in [0.4, 0.5) is 5.69 Å². The lowest BCUT2D eigenvalue weighted by Crippen LogP contribution is -2.51. The Morgan fingerprint density at radius 2 is 1.68 bits per heavy atom. The number of nitrogens with zero attached hydrogens (tertiary/aromatic N) is 1. The van der Waals surface area contributed by atoms with E-state index in [2.05, 4.69) is 4.72 Å². The number of benzene rings is 2. The molecule has 0 spiro atoms. The standard InChI is InChI=1S/C19H22N2O3S/c1-14(2)18(20-25(23,24)16-9-4-3-5-10-16)19(22)21-13-12-15-8-6-7-11-17(15)21/h3-11,14,18,20H,12-13H2,1-2H3/t18-/m0/s1. The minimum absolute atomic E-state index is 0.162. The fourth-order valence-corrected chi connectivity index (χ4v) is 4.40. The second kappa shape index (κ2) is 6.98. The van der Waals surface area contributed by atoms with E-state index in [1.165, 1.54) is 12.1 Å². The Bertz CT molecular complexity index is 863. The molecule has 6 heteroatoms. The van der Waals surface area contributed by atoms with Crippen LogP contribution in [0.2, 0.25) is 0 Å². The number of carbonyl (C=O) groups is 1. The van der Waals surface area contributed by atoms with Crippen LogP contribution in [0.1, 0.15) is 19.4 Å². The van der Waals surface area contributed by atoms with Gasteiger partial charge >= 0.3 is 0 Å². The van der Waals surface area contributed by atoms with E-state index >= 15 is 0 Å². The molecule has 1 N–H and O–H groups in total. The Hall–Kier alpha value is -2.18. The average Bonchev–Trinajstić information content (AvgIpc) is 3.04. The summed E-state index contributed by atoms with van der Waals surface area (Å²) >= 11 is 0. The number of nitrogens with one attached hydrogen (secondary N) is 1. The second-order valence-electron chi connectivity index (χ2n) is 6.52. The van der Waals surface area contributed by atoms with Crippen LogP contribution in [-0.2, 0) is 21.2 Å². The molecule has 0 aromatic heterocycles. The van der Waals surface area contributed by atoms with Crippen LogP contribution in [0.3, 0.4) is 0 Å². The molecule has 1 amide bonds. The molecule has 0 bridgehead atoms. The van der Waals surface area contributed by atoms with Crippen LogP contribution in [0.5, 0.6) is 0 Å². The van der Waals surface area contributed by atoms with Crippen LogP contribution in [-0.4, -0.2) is 26.9 Å². The first-order valence-electron chi connectivity index (χ1n) is 8.37. The highest BCUT2D eigenvalue weighted by molar-refractivity contribution is 7.89. The summed E-state index contributed by atoms with van der Waals surface area (Å²) in [6.07, 6.45) is 0.790. The number of hydrogen-bond acceptors (Lipinski definition) is 3. The van der Waals surface area contributed by atoms with E-state index in [9.17, 15) is 13.2 Å². The van der Waals surface area contributed by atoms with Gasteiger partial charge in [0.2, 0.25) is 15.9 Å². The third-order valence-electron chi connectivity index (χ3n) is 4.42. The lowest BCUT2D eigenvalue weighted by atomic mass is 10.0. The molecule has 0 unspecified atom stereocenters. The molecule has 2 aromatic rings. The maximum absolute atomic E-state index is 13.1. The van der Waals surface area contributed by atoms with Gasteiger partial charge in [-0.3, -0.25) is 4.79 Å². The highest BCUT2D eigenvalue weighted by atomic mass is 32.2. The second-order valence-corrected chi connectivity index (χ2v) is 8.24.